The molecule has 0 aliphatic carbocycles. The molecule has 102 valence electrons. The highest BCUT2D eigenvalue weighted by molar-refractivity contribution is 5.39. The Kier molecular flexibility index (Phi) is 4.44. The maximum absolute atomic E-state index is 5.15. The van der Waals surface area contributed by atoms with Gasteiger partial charge in [-0.1, -0.05) is 12.1 Å². The molecule has 1 heterocycles. The Morgan fingerprint density at radius 1 is 1.32 bits per heavy atom. The Hall–Kier alpha value is -1.97. The standard InChI is InChI=1S/C15H21N3O/c1-12(17-14-10-16-18(2)11-14)4-5-13-6-8-15(19-3)9-7-13/h6-12,17H,4-5H2,1-3H3. The minimum Gasteiger partial charge on any atom is -0.497 e. The molecule has 0 saturated carbocycles. The molecule has 4 heteroatoms. The van der Waals surface area contributed by atoms with Gasteiger partial charge in [-0.25, -0.2) is 0 Å². The minimum atomic E-state index is 0.423. The van der Waals surface area contributed by atoms with E-state index in [1.54, 1.807) is 11.8 Å². The van der Waals surface area contributed by atoms with Crippen LogP contribution in [-0.2, 0) is 13.5 Å². The summed E-state index contributed by atoms with van der Waals surface area (Å²) in [6.45, 7) is 2.19. The summed E-state index contributed by atoms with van der Waals surface area (Å²) in [7, 11) is 3.61. The zero-order valence-corrected chi connectivity index (χ0v) is 11.8. The molecule has 0 radical (unpaired) electrons. The van der Waals surface area contributed by atoms with E-state index < -0.39 is 0 Å². The third-order valence-electron chi connectivity index (χ3n) is 3.14. The number of ether oxygens (including phenoxy) is 1. The molecule has 0 spiro atoms. The number of hydrogen-bond donors (Lipinski definition) is 1. The van der Waals surface area contributed by atoms with E-state index in [1.165, 1.54) is 5.56 Å². The molecule has 2 aromatic rings. The zero-order chi connectivity index (χ0) is 13.7. The van der Waals surface area contributed by atoms with Crippen molar-refractivity contribution in [1.29, 1.82) is 0 Å². The lowest BCUT2D eigenvalue weighted by Gasteiger charge is -2.13. The number of anilines is 1. The van der Waals surface area contributed by atoms with Crippen molar-refractivity contribution in [2.45, 2.75) is 25.8 Å². The molecule has 1 N–H and O–H groups in total. The van der Waals surface area contributed by atoms with Crippen molar-refractivity contribution in [3.8, 4) is 5.75 Å². The molecular formula is C15H21N3O. The second-order valence-electron chi connectivity index (χ2n) is 4.83. The van der Waals surface area contributed by atoms with Crippen LogP contribution in [0.5, 0.6) is 5.75 Å². The lowest BCUT2D eigenvalue weighted by atomic mass is 10.1. The summed E-state index contributed by atoms with van der Waals surface area (Å²) in [6, 6.07) is 8.68. The van der Waals surface area contributed by atoms with E-state index in [0.29, 0.717) is 6.04 Å². The van der Waals surface area contributed by atoms with Gasteiger partial charge in [-0.3, -0.25) is 4.68 Å². The largest absolute Gasteiger partial charge is 0.497 e. The second-order valence-corrected chi connectivity index (χ2v) is 4.83. The van der Waals surface area contributed by atoms with Gasteiger partial charge in [-0.15, -0.1) is 0 Å². The lowest BCUT2D eigenvalue weighted by Crippen LogP contribution is -2.15. The fourth-order valence-corrected chi connectivity index (χ4v) is 2.03. The molecule has 0 fully saturated rings. The lowest BCUT2D eigenvalue weighted by molar-refractivity contribution is 0.414. The van der Waals surface area contributed by atoms with Crippen molar-refractivity contribution in [2.24, 2.45) is 7.05 Å². The minimum absolute atomic E-state index is 0.423. The van der Waals surface area contributed by atoms with Crippen LogP contribution < -0.4 is 10.1 Å². The topological polar surface area (TPSA) is 39.1 Å². The fraction of sp³-hybridized carbons (Fsp3) is 0.400. The van der Waals surface area contributed by atoms with Gasteiger partial charge in [0.05, 0.1) is 19.0 Å². The van der Waals surface area contributed by atoms with E-state index in [0.717, 1.165) is 24.3 Å². The van der Waals surface area contributed by atoms with Crippen LogP contribution in [0.2, 0.25) is 0 Å². The highest BCUT2D eigenvalue weighted by Crippen LogP contribution is 2.14. The molecule has 4 nitrogen and oxygen atoms in total. The van der Waals surface area contributed by atoms with Crippen molar-refractivity contribution in [2.75, 3.05) is 12.4 Å². The summed E-state index contributed by atoms with van der Waals surface area (Å²) >= 11 is 0. The first kappa shape index (κ1) is 13.5. The first-order chi connectivity index (χ1) is 9.17. The molecule has 1 aromatic carbocycles. The van der Waals surface area contributed by atoms with E-state index in [4.69, 9.17) is 4.74 Å². The van der Waals surface area contributed by atoms with Crippen LogP contribution in [0.3, 0.4) is 0 Å². The molecule has 0 bridgehead atoms. The van der Waals surface area contributed by atoms with Crippen LogP contribution in [0.25, 0.3) is 0 Å². The van der Waals surface area contributed by atoms with Crippen molar-refractivity contribution >= 4 is 5.69 Å². The number of aryl methyl sites for hydroxylation is 2. The number of nitrogens with zero attached hydrogens (tertiary/aromatic N) is 2. The van der Waals surface area contributed by atoms with E-state index in [-0.39, 0.29) is 0 Å². The van der Waals surface area contributed by atoms with E-state index in [1.807, 2.05) is 31.6 Å². The van der Waals surface area contributed by atoms with Gasteiger partial charge in [-0.2, -0.15) is 5.10 Å². The molecule has 0 aliphatic heterocycles. The Labute approximate surface area is 114 Å². The fourth-order valence-electron chi connectivity index (χ4n) is 2.03. The number of benzene rings is 1. The number of methoxy groups -OCH3 is 1. The number of hydrogen-bond acceptors (Lipinski definition) is 3. The van der Waals surface area contributed by atoms with Gasteiger partial charge in [0.1, 0.15) is 5.75 Å². The third kappa shape index (κ3) is 4.02. The van der Waals surface area contributed by atoms with Gasteiger partial charge >= 0.3 is 0 Å². The normalized spacial score (nSPS) is 12.2. The molecular weight excluding hydrogens is 238 g/mol. The Morgan fingerprint density at radius 2 is 2.05 bits per heavy atom. The van der Waals surface area contributed by atoms with Gasteiger partial charge in [0.15, 0.2) is 0 Å². The molecule has 0 saturated heterocycles. The summed E-state index contributed by atoms with van der Waals surface area (Å²) in [5.74, 6) is 0.908. The zero-order valence-electron chi connectivity index (χ0n) is 11.8. The number of rotatable bonds is 6. The Bertz CT molecular complexity index is 504. The van der Waals surface area contributed by atoms with Gasteiger partial charge < -0.3 is 10.1 Å². The highest BCUT2D eigenvalue weighted by Gasteiger charge is 2.04. The monoisotopic (exact) mass is 259 g/mol. The first-order valence-corrected chi connectivity index (χ1v) is 6.55. The van der Waals surface area contributed by atoms with Gasteiger partial charge in [0.25, 0.3) is 0 Å². The van der Waals surface area contributed by atoms with Crippen molar-refractivity contribution in [1.82, 2.24) is 9.78 Å². The predicted molar refractivity (Wildman–Crippen MR) is 77.6 cm³/mol. The summed E-state index contributed by atoms with van der Waals surface area (Å²) in [5, 5.41) is 7.59. The third-order valence-corrected chi connectivity index (χ3v) is 3.14. The van der Waals surface area contributed by atoms with Crippen molar-refractivity contribution in [3.05, 3.63) is 42.2 Å². The van der Waals surface area contributed by atoms with Gasteiger partial charge in [0, 0.05) is 19.3 Å². The average Bonchev–Trinajstić information content (AvgIpc) is 2.82. The highest BCUT2D eigenvalue weighted by atomic mass is 16.5. The van der Waals surface area contributed by atoms with Crippen LogP contribution in [0, 0.1) is 0 Å². The molecule has 2 rings (SSSR count). The van der Waals surface area contributed by atoms with Crippen LogP contribution in [0.15, 0.2) is 36.7 Å². The van der Waals surface area contributed by atoms with E-state index in [9.17, 15) is 0 Å². The number of nitrogens with one attached hydrogen (secondary N) is 1. The Morgan fingerprint density at radius 3 is 2.63 bits per heavy atom. The molecule has 0 aliphatic rings. The van der Waals surface area contributed by atoms with Crippen molar-refractivity contribution in [3.63, 3.8) is 0 Å². The van der Waals surface area contributed by atoms with E-state index in [2.05, 4.69) is 29.5 Å². The van der Waals surface area contributed by atoms with E-state index >= 15 is 0 Å². The van der Waals surface area contributed by atoms with Crippen LogP contribution >= 0.6 is 0 Å². The molecule has 0 amide bonds. The van der Waals surface area contributed by atoms with Crippen LogP contribution in [0.4, 0.5) is 5.69 Å². The SMILES string of the molecule is COc1ccc(CCC(C)Nc2cnn(C)c2)cc1. The summed E-state index contributed by atoms with van der Waals surface area (Å²) in [5.41, 5.74) is 2.41. The first-order valence-electron chi connectivity index (χ1n) is 6.55. The predicted octanol–water partition coefficient (Wildman–Crippen LogP) is 2.86. The van der Waals surface area contributed by atoms with Crippen LogP contribution in [-0.4, -0.2) is 22.9 Å². The smallest absolute Gasteiger partial charge is 0.118 e. The Balaban J connectivity index is 1.80. The second kappa shape index (κ2) is 6.27. The van der Waals surface area contributed by atoms with Gasteiger partial charge in [-0.05, 0) is 37.5 Å². The summed E-state index contributed by atoms with van der Waals surface area (Å²) in [6.07, 6.45) is 5.98. The average molecular weight is 259 g/mol. The number of aromatic nitrogens is 2. The maximum atomic E-state index is 5.15. The molecule has 19 heavy (non-hydrogen) atoms. The summed E-state index contributed by atoms with van der Waals surface area (Å²) < 4.78 is 6.96. The summed E-state index contributed by atoms with van der Waals surface area (Å²) in [4.78, 5) is 0. The molecule has 1 unspecified atom stereocenters. The molecule has 1 aromatic heterocycles. The molecule has 1 atom stereocenters. The quantitative estimate of drug-likeness (QED) is 0.867. The van der Waals surface area contributed by atoms with Crippen molar-refractivity contribution < 1.29 is 4.74 Å². The maximum Gasteiger partial charge on any atom is 0.118 e. The van der Waals surface area contributed by atoms with Gasteiger partial charge in [0.2, 0.25) is 0 Å². The van der Waals surface area contributed by atoms with Crippen LogP contribution in [0.1, 0.15) is 18.9 Å².